The van der Waals surface area contributed by atoms with Crippen molar-refractivity contribution >= 4 is 5.97 Å². The summed E-state index contributed by atoms with van der Waals surface area (Å²) in [5.74, 6) is -0.866. The van der Waals surface area contributed by atoms with Gasteiger partial charge in [0.2, 0.25) is 0 Å². The van der Waals surface area contributed by atoms with Crippen LogP contribution < -0.4 is 10.1 Å². The van der Waals surface area contributed by atoms with Gasteiger partial charge in [-0.3, -0.25) is 4.79 Å². The average molecular weight is 265 g/mol. The number of benzene rings is 1. The second-order valence-corrected chi connectivity index (χ2v) is 4.71. The Kier molecular flexibility index (Phi) is 4.39. The third kappa shape index (κ3) is 3.24. The molecule has 1 aliphatic heterocycles. The third-order valence-electron chi connectivity index (χ3n) is 3.44. The fourth-order valence-corrected chi connectivity index (χ4v) is 2.36. The van der Waals surface area contributed by atoms with E-state index in [0.717, 1.165) is 11.3 Å². The Labute approximate surface area is 112 Å². The molecule has 0 bridgehead atoms. The average Bonchev–Trinajstić information content (AvgIpc) is 2.39. The monoisotopic (exact) mass is 265 g/mol. The summed E-state index contributed by atoms with van der Waals surface area (Å²) < 4.78 is 5.37. The highest BCUT2D eigenvalue weighted by molar-refractivity contribution is 5.71. The number of hydrogen-bond acceptors (Lipinski definition) is 4. The van der Waals surface area contributed by atoms with E-state index < -0.39 is 18.0 Å². The lowest BCUT2D eigenvalue weighted by Gasteiger charge is -2.32. The number of carbonyl (C=O) groups is 1. The molecule has 1 aromatic rings. The van der Waals surface area contributed by atoms with Crippen molar-refractivity contribution in [3.63, 3.8) is 0 Å². The second kappa shape index (κ2) is 6.04. The highest BCUT2D eigenvalue weighted by atomic mass is 16.5. The standard InChI is InChI=1S/C14H19NO4/c1-2-19-10-5-3-9(4-6-10)12-7-13(16)11(8-15-12)14(17)18/h3-6,11-13,15-16H,2,7-8H2,1H3,(H,17,18). The van der Waals surface area contributed by atoms with E-state index in [4.69, 9.17) is 9.84 Å². The molecule has 5 heteroatoms. The molecule has 1 aromatic carbocycles. The summed E-state index contributed by atoms with van der Waals surface area (Å²) in [7, 11) is 0. The Morgan fingerprint density at radius 3 is 2.63 bits per heavy atom. The minimum Gasteiger partial charge on any atom is -0.494 e. The molecule has 19 heavy (non-hydrogen) atoms. The molecule has 3 N–H and O–H groups in total. The van der Waals surface area contributed by atoms with Crippen LogP contribution in [0.2, 0.25) is 0 Å². The first kappa shape index (κ1) is 13.8. The van der Waals surface area contributed by atoms with Crippen LogP contribution in [0.1, 0.15) is 24.9 Å². The van der Waals surface area contributed by atoms with Gasteiger partial charge in [0.05, 0.1) is 18.6 Å². The fraction of sp³-hybridized carbons (Fsp3) is 0.500. The second-order valence-electron chi connectivity index (χ2n) is 4.71. The van der Waals surface area contributed by atoms with Crippen LogP contribution in [-0.4, -0.2) is 35.4 Å². The summed E-state index contributed by atoms with van der Waals surface area (Å²) in [6.07, 6.45) is -0.402. The largest absolute Gasteiger partial charge is 0.494 e. The maximum atomic E-state index is 10.9. The summed E-state index contributed by atoms with van der Waals surface area (Å²) in [6, 6.07) is 7.64. The van der Waals surface area contributed by atoms with Gasteiger partial charge in [0, 0.05) is 12.6 Å². The van der Waals surface area contributed by atoms with E-state index in [1.54, 1.807) is 0 Å². The van der Waals surface area contributed by atoms with E-state index in [-0.39, 0.29) is 12.6 Å². The lowest BCUT2D eigenvalue weighted by molar-refractivity contribution is -0.147. The zero-order chi connectivity index (χ0) is 13.8. The summed E-state index contributed by atoms with van der Waals surface area (Å²) in [6.45, 7) is 2.84. The summed E-state index contributed by atoms with van der Waals surface area (Å²) in [5, 5.41) is 22.0. The SMILES string of the molecule is CCOc1ccc(C2CC(O)C(C(=O)O)CN2)cc1. The molecule has 0 saturated carbocycles. The number of piperidine rings is 1. The molecule has 0 amide bonds. The fourth-order valence-electron chi connectivity index (χ4n) is 2.36. The third-order valence-corrected chi connectivity index (χ3v) is 3.44. The number of carboxylic acids is 1. The van der Waals surface area contributed by atoms with E-state index in [1.807, 2.05) is 31.2 Å². The van der Waals surface area contributed by atoms with E-state index >= 15 is 0 Å². The zero-order valence-electron chi connectivity index (χ0n) is 10.9. The van der Waals surface area contributed by atoms with Crippen molar-refractivity contribution in [1.82, 2.24) is 5.32 Å². The Morgan fingerprint density at radius 1 is 1.42 bits per heavy atom. The van der Waals surface area contributed by atoms with Crippen molar-refractivity contribution < 1.29 is 19.7 Å². The Bertz CT molecular complexity index is 432. The lowest BCUT2D eigenvalue weighted by atomic mass is 9.88. The van der Waals surface area contributed by atoms with Crippen molar-refractivity contribution in [1.29, 1.82) is 0 Å². The molecule has 1 aliphatic rings. The number of carboxylic acid groups (broad SMARTS) is 1. The summed E-state index contributed by atoms with van der Waals surface area (Å²) >= 11 is 0. The van der Waals surface area contributed by atoms with Crippen LogP contribution in [0.4, 0.5) is 0 Å². The van der Waals surface area contributed by atoms with Gasteiger partial charge in [-0.2, -0.15) is 0 Å². The predicted octanol–water partition coefficient (Wildman–Crippen LogP) is 1.18. The maximum Gasteiger partial charge on any atom is 0.310 e. The molecular weight excluding hydrogens is 246 g/mol. The van der Waals surface area contributed by atoms with Gasteiger partial charge < -0.3 is 20.3 Å². The van der Waals surface area contributed by atoms with E-state index in [2.05, 4.69) is 5.32 Å². The van der Waals surface area contributed by atoms with E-state index in [9.17, 15) is 9.90 Å². The lowest BCUT2D eigenvalue weighted by Crippen LogP contribution is -2.45. The number of aliphatic hydroxyl groups is 1. The van der Waals surface area contributed by atoms with Gasteiger partial charge in [0.1, 0.15) is 5.75 Å². The molecule has 0 spiro atoms. The molecule has 3 atom stereocenters. The molecule has 1 heterocycles. The molecule has 3 unspecified atom stereocenters. The Morgan fingerprint density at radius 2 is 2.11 bits per heavy atom. The van der Waals surface area contributed by atoms with Gasteiger partial charge in [-0.25, -0.2) is 0 Å². The molecular formula is C14H19NO4. The van der Waals surface area contributed by atoms with Crippen molar-refractivity contribution in [3.8, 4) is 5.75 Å². The number of rotatable bonds is 4. The molecule has 1 fully saturated rings. The van der Waals surface area contributed by atoms with Crippen molar-refractivity contribution in [2.75, 3.05) is 13.2 Å². The number of aliphatic hydroxyl groups excluding tert-OH is 1. The van der Waals surface area contributed by atoms with Crippen LogP contribution in [0.3, 0.4) is 0 Å². The molecule has 2 rings (SSSR count). The molecule has 0 radical (unpaired) electrons. The molecule has 1 saturated heterocycles. The van der Waals surface area contributed by atoms with Crippen LogP contribution in [-0.2, 0) is 4.79 Å². The van der Waals surface area contributed by atoms with Gasteiger partial charge in [-0.15, -0.1) is 0 Å². The van der Waals surface area contributed by atoms with Crippen molar-refractivity contribution in [2.45, 2.75) is 25.5 Å². The predicted molar refractivity (Wildman–Crippen MR) is 70.1 cm³/mol. The smallest absolute Gasteiger partial charge is 0.310 e. The van der Waals surface area contributed by atoms with Crippen LogP contribution in [0.25, 0.3) is 0 Å². The number of hydrogen-bond donors (Lipinski definition) is 3. The summed E-state index contributed by atoms with van der Waals surface area (Å²) in [5.41, 5.74) is 1.03. The quantitative estimate of drug-likeness (QED) is 0.762. The Hall–Kier alpha value is -1.59. The number of nitrogens with one attached hydrogen (secondary N) is 1. The van der Waals surface area contributed by atoms with E-state index in [1.165, 1.54) is 0 Å². The molecule has 5 nitrogen and oxygen atoms in total. The molecule has 0 aromatic heterocycles. The van der Waals surface area contributed by atoms with Crippen LogP contribution in [0.5, 0.6) is 5.75 Å². The maximum absolute atomic E-state index is 10.9. The summed E-state index contributed by atoms with van der Waals surface area (Å²) in [4.78, 5) is 10.9. The highest BCUT2D eigenvalue weighted by Crippen LogP contribution is 2.27. The molecule has 104 valence electrons. The van der Waals surface area contributed by atoms with Crippen LogP contribution >= 0.6 is 0 Å². The number of aliphatic carboxylic acids is 1. The first-order valence-electron chi connectivity index (χ1n) is 6.48. The van der Waals surface area contributed by atoms with Crippen molar-refractivity contribution in [3.05, 3.63) is 29.8 Å². The van der Waals surface area contributed by atoms with Gasteiger partial charge in [0.15, 0.2) is 0 Å². The topological polar surface area (TPSA) is 78.8 Å². The van der Waals surface area contributed by atoms with E-state index in [0.29, 0.717) is 13.0 Å². The van der Waals surface area contributed by atoms with Crippen molar-refractivity contribution in [2.24, 2.45) is 5.92 Å². The first-order valence-corrected chi connectivity index (χ1v) is 6.48. The Balaban J connectivity index is 2.01. The molecule has 0 aliphatic carbocycles. The van der Waals surface area contributed by atoms with Gasteiger partial charge in [0.25, 0.3) is 0 Å². The normalized spacial score (nSPS) is 26.9. The van der Waals surface area contributed by atoms with Gasteiger partial charge in [-0.05, 0) is 31.0 Å². The van der Waals surface area contributed by atoms with Crippen LogP contribution in [0.15, 0.2) is 24.3 Å². The minimum absolute atomic E-state index is 0.0127. The minimum atomic E-state index is -0.954. The van der Waals surface area contributed by atoms with Gasteiger partial charge >= 0.3 is 5.97 Å². The number of ether oxygens (including phenoxy) is 1. The zero-order valence-corrected chi connectivity index (χ0v) is 10.9. The van der Waals surface area contributed by atoms with Crippen LogP contribution in [0, 0.1) is 5.92 Å². The first-order chi connectivity index (χ1) is 9.11. The van der Waals surface area contributed by atoms with Gasteiger partial charge in [-0.1, -0.05) is 12.1 Å². The highest BCUT2D eigenvalue weighted by Gasteiger charge is 2.33.